The van der Waals surface area contributed by atoms with Gasteiger partial charge in [-0.2, -0.15) is 0 Å². The van der Waals surface area contributed by atoms with Crippen LogP contribution in [0.15, 0.2) is 0 Å². The number of aryl methyl sites for hydroxylation is 1. The van der Waals surface area contributed by atoms with Gasteiger partial charge in [0.15, 0.2) is 5.60 Å². The smallest absolute Gasteiger partial charge is 0.341 e. The van der Waals surface area contributed by atoms with Crippen LogP contribution >= 0.6 is 11.3 Å². The molecule has 1 heterocycles. The van der Waals surface area contributed by atoms with Gasteiger partial charge in [-0.25, -0.2) is 14.4 Å². The molecule has 1 rings (SSSR count). The Labute approximate surface area is 137 Å². The molecule has 1 aromatic rings. The molecule has 23 heavy (non-hydrogen) atoms. The summed E-state index contributed by atoms with van der Waals surface area (Å²) in [7, 11) is 0. The summed E-state index contributed by atoms with van der Waals surface area (Å²) >= 11 is 1.21. The number of anilines is 1. The number of hydrogen-bond acceptors (Lipinski definition) is 6. The number of rotatable bonds is 6. The lowest BCUT2D eigenvalue weighted by molar-refractivity contribution is -0.155. The molecule has 2 amide bonds. The van der Waals surface area contributed by atoms with Gasteiger partial charge in [0, 0.05) is 4.88 Å². The molecule has 1 aromatic heterocycles. The summed E-state index contributed by atoms with van der Waals surface area (Å²) in [5, 5.41) is 23.4. The zero-order valence-corrected chi connectivity index (χ0v) is 14.2. The summed E-state index contributed by atoms with van der Waals surface area (Å²) in [6, 6.07) is -0.724. The van der Waals surface area contributed by atoms with Crippen LogP contribution in [0.2, 0.25) is 0 Å². The number of hydrogen-bond donors (Lipinski definition) is 4. The average Bonchev–Trinajstić information content (AvgIpc) is 2.71. The van der Waals surface area contributed by atoms with E-state index in [2.05, 4.69) is 10.6 Å². The first-order valence-electron chi connectivity index (χ1n) is 6.87. The Balaban J connectivity index is 2.85. The molecule has 8 nitrogen and oxygen atoms in total. The second-order valence-corrected chi connectivity index (χ2v) is 6.32. The third kappa shape index (κ3) is 4.67. The highest BCUT2D eigenvalue weighted by molar-refractivity contribution is 7.16. The van der Waals surface area contributed by atoms with Gasteiger partial charge in [-0.3, -0.25) is 5.32 Å². The topological polar surface area (TPSA) is 125 Å². The van der Waals surface area contributed by atoms with Crippen molar-refractivity contribution in [3.8, 4) is 0 Å². The van der Waals surface area contributed by atoms with Gasteiger partial charge in [0.2, 0.25) is 0 Å². The number of esters is 1. The Morgan fingerprint density at radius 3 is 2.43 bits per heavy atom. The van der Waals surface area contributed by atoms with E-state index in [1.807, 2.05) is 0 Å². The van der Waals surface area contributed by atoms with Crippen molar-refractivity contribution in [3.05, 3.63) is 16.0 Å². The monoisotopic (exact) mass is 344 g/mol. The standard InChI is InChI=1S/C14H20N2O6S/c1-5-22-11(17)9-7(2)8(3)23-10(9)16-13(20)15-6-14(4,21)12(18)19/h21H,5-6H2,1-4H3,(H,18,19)(H2,15,16,20). The van der Waals surface area contributed by atoms with Crippen molar-refractivity contribution in [2.45, 2.75) is 33.3 Å². The van der Waals surface area contributed by atoms with E-state index in [9.17, 15) is 19.5 Å². The van der Waals surface area contributed by atoms with Crippen LogP contribution in [0.25, 0.3) is 0 Å². The molecule has 0 aliphatic heterocycles. The van der Waals surface area contributed by atoms with Gasteiger partial charge in [-0.1, -0.05) is 0 Å². The number of carbonyl (C=O) groups is 3. The second-order valence-electron chi connectivity index (χ2n) is 5.09. The van der Waals surface area contributed by atoms with E-state index in [1.54, 1.807) is 20.8 Å². The van der Waals surface area contributed by atoms with E-state index in [-0.39, 0.29) is 12.2 Å². The van der Waals surface area contributed by atoms with Crippen molar-refractivity contribution in [2.24, 2.45) is 0 Å². The summed E-state index contributed by atoms with van der Waals surface area (Å²) in [6.45, 7) is 6.03. The molecule has 1 unspecified atom stereocenters. The van der Waals surface area contributed by atoms with Crippen molar-refractivity contribution in [3.63, 3.8) is 0 Å². The highest BCUT2D eigenvalue weighted by Crippen LogP contribution is 2.32. The van der Waals surface area contributed by atoms with Crippen molar-refractivity contribution in [1.82, 2.24) is 5.32 Å². The largest absolute Gasteiger partial charge is 0.479 e. The summed E-state index contributed by atoms with van der Waals surface area (Å²) in [5.74, 6) is -1.99. The Hall–Kier alpha value is -2.13. The molecule has 0 aromatic carbocycles. The van der Waals surface area contributed by atoms with E-state index in [0.717, 1.165) is 11.8 Å². The summed E-state index contributed by atoms with van der Waals surface area (Å²) < 4.78 is 4.97. The van der Waals surface area contributed by atoms with Crippen molar-refractivity contribution in [1.29, 1.82) is 0 Å². The van der Waals surface area contributed by atoms with Crippen LogP contribution in [0.3, 0.4) is 0 Å². The molecule has 9 heteroatoms. The van der Waals surface area contributed by atoms with Crippen LogP contribution in [-0.2, 0) is 9.53 Å². The summed E-state index contributed by atoms with van der Waals surface area (Å²) in [4.78, 5) is 35.5. The molecule has 0 saturated heterocycles. The molecule has 0 bridgehead atoms. The van der Waals surface area contributed by atoms with Crippen LogP contribution in [0.1, 0.15) is 34.6 Å². The highest BCUT2D eigenvalue weighted by Gasteiger charge is 2.30. The molecule has 4 N–H and O–H groups in total. The molecule has 128 valence electrons. The fraction of sp³-hybridized carbons (Fsp3) is 0.500. The van der Waals surface area contributed by atoms with E-state index in [0.29, 0.717) is 10.6 Å². The maximum absolute atomic E-state index is 12.0. The number of ether oxygens (including phenoxy) is 1. The molecular weight excluding hydrogens is 324 g/mol. The number of thiophene rings is 1. The van der Waals surface area contributed by atoms with Crippen molar-refractivity contribution in [2.75, 3.05) is 18.5 Å². The van der Waals surface area contributed by atoms with E-state index in [4.69, 9.17) is 9.84 Å². The molecule has 0 spiro atoms. The fourth-order valence-electron chi connectivity index (χ4n) is 1.64. The van der Waals surface area contributed by atoms with Crippen LogP contribution in [0.4, 0.5) is 9.80 Å². The molecule has 0 aliphatic carbocycles. The van der Waals surface area contributed by atoms with Gasteiger partial charge in [-0.05, 0) is 33.3 Å². The number of urea groups is 1. The molecular formula is C14H20N2O6S. The molecule has 0 aliphatic rings. The van der Waals surface area contributed by atoms with E-state index >= 15 is 0 Å². The predicted octanol–water partition coefficient (Wildman–Crippen LogP) is 1.50. The Morgan fingerprint density at radius 2 is 1.91 bits per heavy atom. The highest BCUT2D eigenvalue weighted by atomic mass is 32.1. The van der Waals surface area contributed by atoms with E-state index < -0.39 is 30.1 Å². The number of nitrogens with one attached hydrogen (secondary N) is 2. The molecule has 1 atom stereocenters. The quantitative estimate of drug-likeness (QED) is 0.580. The number of amides is 2. The number of carbonyl (C=O) groups excluding carboxylic acids is 2. The lowest BCUT2D eigenvalue weighted by Crippen LogP contribution is -2.47. The molecule has 0 fully saturated rings. The molecule has 0 saturated carbocycles. The maximum Gasteiger partial charge on any atom is 0.341 e. The number of carboxylic acid groups (broad SMARTS) is 1. The van der Waals surface area contributed by atoms with Crippen molar-refractivity contribution < 1.29 is 29.3 Å². The SMILES string of the molecule is CCOC(=O)c1c(NC(=O)NCC(C)(O)C(=O)O)sc(C)c1C. The normalized spacial score (nSPS) is 13.1. The van der Waals surface area contributed by atoms with Crippen LogP contribution in [-0.4, -0.2) is 46.9 Å². The first-order valence-corrected chi connectivity index (χ1v) is 7.69. The Kier molecular flexibility index (Phi) is 6.11. The van der Waals surface area contributed by atoms with Gasteiger partial charge in [0.1, 0.15) is 5.00 Å². The van der Waals surface area contributed by atoms with E-state index in [1.165, 1.54) is 11.3 Å². The van der Waals surface area contributed by atoms with Gasteiger partial charge in [0.05, 0.1) is 18.7 Å². The minimum absolute atomic E-state index is 0.209. The Morgan fingerprint density at radius 1 is 1.30 bits per heavy atom. The first kappa shape index (κ1) is 18.9. The lowest BCUT2D eigenvalue weighted by Gasteiger charge is -2.18. The first-order chi connectivity index (χ1) is 10.6. The predicted molar refractivity (Wildman–Crippen MR) is 85.0 cm³/mol. The van der Waals surface area contributed by atoms with Crippen LogP contribution in [0.5, 0.6) is 0 Å². The maximum atomic E-state index is 12.0. The number of carboxylic acids is 1. The fourth-order valence-corrected chi connectivity index (χ4v) is 2.68. The van der Waals surface area contributed by atoms with Gasteiger partial charge in [0.25, 0.3) is 0 Å². The number of aliphatic hydroxyl groups is 1. The average molecular weight is 344 g/mol. The third-order valence-corrected chi connectivity index (χ3v) is 4.27. The van der Waals surface area contributed by atoms with Crippen LogP contribution < -0.4 is 10.6 Å². The van der Waals surface area contributed by atoms with Gasteiger partial charge >= 0.3 is 18.0 Å². The van der Waals surface area contributed by atoms with Crippen molar-refractivity contribution >= 4 is 34.3 Å². The minimum atomic E-state index is -2.08. The van der Waals surface area contributed by atoms with Gasteiger partial charge < -0.3 is 20.3 Å². The third-order valence-electron chi connectivity index (χ3n) is 3.15. The van der Waals surface area contributed by atoms with Crippen LogP contribution in [0, 0.1) is 13.8 Å². The molecule has 0 radical (unpaired) electrons. The minimum Gasteiger partial charge on any atom is -0.479 e. The second kappa shape index (κ2) is 7.42. The Bertz CT molecular complexity index is 623. The zero-order chi connectivity index (χ0) is 17.8. The summed E-state index contributed by atoms with van der Waals surface area (Å²) in [6.07, 6.45) is 0. The lowest BCUT2D eigenvalue weighted by atomic mass is 10.1. The zero-order valence-electron chi connectivity index (χ0n) is 13.3. The van der Waals surface area contributed by atoms with Gasteiger partial charge in [-0.15, -0.1) is 11.3 Å². The summed E-state index contributed by atoms with van der Waals surface area (Å²) in [5.41, 5.74) is -1.10. The number of aliphatic carboxylic acids is 1.